The Hall–Kier alpha value is -2.13. The molecule has 0 radical (unpaired) electrons. The molecule has 1 fully saturated rings. The number of carbonyl (C=O) groups excluding carboxylic acids is 1. The maximum atomic E-state index is 12.2. The minimum absolute atomic E-state index is 0.0363. The van der Waals surface area contributed by atoms with Crippen molar-refractivity contribution in [1.29, 1.82) is 0 Å². The zero-order valence-electron chi connectivity index (χ0n) is 11.5. The van der Waals surface area contributed by atoms with Gasteiger partial charge in [-0.1, -0.05) is 54.6 Å². The molecule has 106 valence electrons. The second-order valence-electron chi connectivity index (χ2n) is 5.78. The molecule has 0 aromatic heterocycles. The fourth-order valence-electron chi connectivity index (χ4n) is 3.76. The van der Waals surface area contributed by atoms with Gasteiger partial charge >= 0.3 is 5.97 Å². The molecule has 1 saturated heterocycles. The van der Waals surface area contributed by atoms with E-state index in [9.17, 15) is 9.90 Å². The normalized spacial score (nSPS) is 30.4. The van der Waals surface area contributed by atoms with Crippen molar-refractivity contribution < 1.29 is 14.6 Å². The highest BCUT2D eigenvalue weighted by molar-refractivity contribution is 5.78. The number of hydrogen-bond acceptors (Lipinski definition) is 3. The van der Waals surface area contributed by atoms with Crippen LogP contribution in [0.4, 0.5) is 0 Å². The largest absolute Gasteiger partial charge is 0.465 e. The molecule has 2 aromatic carbocycles. The Kier molecular flexibility index (Phi) is 2.82. The third kappa shape index (κ3) is 1.81. The van der Waals surface area contributed by atoms with Gasteiger partial charge in [-0.3, -0.25) is 4.79 Å². The van der Waals surface area contributed by atoms with Crippen LogP contribution in [0, 0.1) is 11.8 Å². The van der Waals surface area contributed by atoms with Crippen molar-refractivity contribution in [2.45, 2.75) is 12.0 Å². The molecule has 3 heteroatoms. The number of esters is 1. The van der Waals surface area contributed by atoms with E-state index < -0.39 is 6.10 Å². The fourth-order valence-corrected chi connectivity index (χ4v) is 3.76. The van der Waals surface area contributed by atoms with E-state index in [1.165, 1.54) is 0 Å². The summed E-state index contributed by atoms with van der Waals surface area (Å²) in [6.07, 6.45) is -0.627. The Labute approximate surface area is 123 Å². The highest BCUT2D eigenvalue weighted by Gasteiger charge is 2.51. The van der Waals surface area contributed by atoms with Crippen LogP contribution in [-0.4, -0.2) is 17.7 Å². The molecular formula is C18H16O3. The number of aliphatic hydroxyl groups excluding tert-OH is 1. The summed E-state index contributed by atoms with van der Waals surface area (Å²) in [7, 11) is 0. The lowest BCUT2D eigenvalue weighted by Gasteiger charge is -2.36. The lowest BCUT2D eigenvalue weighted by Crippen LogP contribution is -2.34. The van der Waals surface area contributed by atoms with Gasteiger partial charge in [-0.25, -0.2) is 0 Å². The first kappa shape index (κ1) is 12.6. The number of ether oxygens (including phenoxy) is 1. The number of benzene rings is 2. The third-order valence-electron chi connectivity index (χ3n) is 4.72. The van der Waals surface area contributed by atoms with Crippen LogP contribution in [0.2, 0.25) is 0 Å². The summed E-state index contributed by atoms with van der Waals surface area (Å²) in [5.74, 6) is -0.678. The van der Waals surface area contributed by atoms with Gasteiger partial charge in [-0.2, -0.15) is 0 Å². The van der Waals surface area contributed by atoms with Gasteiger partial charge in [0.25, 0.3) is 0 Å². The van der Waals surface area contributed by atoms with Gasteiger partial charge in [-0.15, -0.1) is 0 Å². The van der Waals surface area contributed by atoms with Gasteiger partial charge < -0.3 is 9.84 Å². The monoisotopic (exact) mass is 280 g/mol. The van der Waals surface area contributed by atoms with Crippen molar-refractivity contribution in [1.82, 2.24) is 0 Å². The first-order valence-electron chi connectivity index (χ1n) is 7.26. The fraction of sp³-hybridized carbons (Fsp3) is 0.278. The first-order valence-corrected chi connectivity index (χ1v) is 7.26. The highest BCUT2D eigenvalue weighted by Crippen LogP contribution is 2.51. The number of hydrogen-bond donors (Lipinski definition) is 1. The van der Waals surface area contributed by atoms with Crippen molar-refractivity contribution in [3.8, 4) is 0 Å². The van der Waals surface area contributed by atoms with Gasteiger partial charge in [0, 0.05) is 11.8 Å². The lowest BCUT2D eigenvalue weighted by atomic mass is 9.66. The predicted octanol–water partition coefficient (Wildman–Crippen LogP) is 2.65. The van der Waals surface area contributed by atoms with Gasteiger partial charge in [0.2, 0.25) is 0 Å². The Morgan fingerprint density at radius 1 is 0.952 bits per heavy atom. The molecule has 2 aliphatic rings. The molecular weight excluding hydrogens is 264 g/mol. The number of rotatable bonds is 1. The van der Waals surface area contributed by atoms with Gasteiger partial charge in [0.05, 0.1) is 18.6 Å². The third-order valence-corrected chi connectivity index (χ3v) is 4.72. The maximum Gasteiger partial charge on any atom is 0.310 e. The van der Waals surface area contributed by atoms with E-state index in [0.717, 1.165) is 16.7 Å². The standard InChI is InChI=1S/C18H16O3/c19-17-13-9-5-4-8-12(13)15(11-6-2-1-3-7-11)16-14(17)10-21-18(16)20/h1-9,14-17,19H,10H2/t14-,15+,16+,17-/m0/s1. The second kappa shape index (κ2) is 4.71. The van der Waals surface area contributed by atoms with Crippen LogP contribution in [0.3, 0.4) is 0 Å². The van der Waals surface area contributed by atoms with E-state index in [-0.39, 0.29) is 23.7 Å². The summed E-state index contributed by atoms with van der Waals surface area (Å²) in [5, 5.41) is 10.6. The van der Waals surface area contributed by atoms with Crippen molar-refractivity contribution in [2.75, 3.05) is 6.61 Å². The molecule has 1 N–H and O–H groups in total. The average Bonchev–Trinajstić information content (AvgIpc) is 2.91. The van der Waals surface area contributed by atoms with Crippen LogP contribution in [0.25, 0.3) is 0 Å². The zero-order valence-corrected chi connectivity index (χ0v) is 11.5. The summed E-state index contributed by atoms with van der Waals surface area (Å²) < 4.78 is 5.25. The van der Waals surface area contributed by atoms with Gasteiger partial charge in [0.1, 0.15) is 0 Å². The van der Waals surface area contributed by atoms with Crippen LogP contribution >= 0.6 is 0 Å². The van der Waals surface area contributed by atoms with Crippen LogP contribution in [0.15, 0.2) is 54.6 Å². The summed E-state index contributed by atoms with van der Waals surface area (Å²) in [4.78, 5) is 12.2. The van der Waals surface area contributed by atoms with Crippen LogP contribution in [-0.2, 0) is 9.53 Å². The van der Waals surface area contributed by atoms with E-state index in [2.05, 4.69) is 0 Å². The molecule has 0 amide bonds. The Balaban J connectivity index is 1.93. The van der Waals surface area contributed by atoms with Gasteiger partial charge in [0.15, 0.2) is 0 Å². The van der Waals surface area contributed by atoms with E-state index in [1.54, 1.807) is 0 Å². The maximum absolute atomic E-state index is 12.2. The van der Waals surface area contributed by atoms with Gasteiger partial charge in [-0.05, 0) is 16.7 Å². The van der Waals surface area contributed by atoms with Crippen LogP contribution < -0.4 is 0 Å². The van der Waals surface area contributed by atoms with Crippen molar-refractivity contribution in [3.63, 3.8) is 0 Å². The molecule has 1 aliphatic heterocycles. The van der Waals surface area contributed by atoms with E-state index in [1.807, 2.05) is 54.6 Å². The molecule has 0 spiro atoms. The summed E-state index contributed by atoms with van der Waals surface area (Å²) in [6.45, 7) is 0.308. The van der Waals surface area contributed by atoms with Crippen LogP contribution in [0.5, 0.6) is 0 Å². The minimum atomic E-state index is -0.627. The van der Waals surface area contributed by atoms with Crippen molar-refractivity contribution >= 4 is 5.97 Å². The molecule has 0 bridgehead atoms. The number of aliphatic hydroxyl groups is 1. The van der Waals surface area contributed by atoms with E-state index in [4.69, 9.17) is 4.74 Å². The molecule has 0 saturated carbocycles. The lowest BCUT2D eigenvalue weighted by molar-refractivity contribution is -0.141. The topological polar surface area (TPSA) is 46.5 Å². The average molecular weight is 280 g/mol. The van der Waals surface area contributed by atoms with Crippen molar-refractivity contribution in [2.24, 2.45) is 11.8 Å². The van der Waals surface area contributed by atoms with Crippen molar-refractivity contribution in [3.05, 3.63) is 71.3 Å². The summed E-state index contributed by atoms with van der Waals surface area (Å²) in [6, 6.07) is 17.9. The Morgan fingerprint density at radius 2 is 1.62 bits per heavy atom. The molecule has 0 unspecified atom stereocenters. The Bertz CT molecular complexity index is 680. The molecule has 1 aliphatic carbocycles. The van der Waals surface area contributed by atoms with E-state index >= 15 is 0 Å². The quantitative estimate of drug-likeness (QED) is 0.817. The SMILES string of the molecule is O=C1OC[C@H]2[C@@H]1[C@H](c1ccccc1)c1ccccc1[C@@H]2O. The minimum Gasteiger partial charge on any atom is -0.465 e. The summed E-state index contributed by atoms with van der Waals surface area (Å²) >= 11 is 0. The zero-order chi connectivity index (χ0) is 14.4. The smallest absolute Gasteiger partial charge is 0.310 e. The number of carbonyl (C=O) groups is 1. The molecule has 21 heavy (non-hydrogen) atoms. The molecule has 4 atom stereocenters. The molecule has 3 nitrogen and oxygen atoms in total. The number of cyclic esters (lactones) is 1. The predicted molar refractivity (Wildman–Crippen MR) is 77.6 cm³/mol. The molecule has 4 rings (SSSR count). The first-order chi connectivity index (χ1) is 10.3. The highest BCUT2D eigenvalue weighted by atomic mass is 16.5. The van der Waals surface area contributed by atoms with Crippen LogP contribution in [0.1, 0.15) is 28.7 Å². The molecule has 1 heterocycles. The van der Waals surface area contributed by atoms with E-state index in [0.29, 0.717) is 6.61 Å². The molecule has 2 aromatic rings. The number of fused-ring (bicyclic) bond motifs is 2. The second-order valence-corrected chi connectivity index (χ2v) is 5.78. The Morgan fingerprint density at radius 3 is 2.38 bits per heavy atom. The summed E-state index contributed by atoms with van der Waals surface area (Å²) in [5.41, 5.74) is 3.06.